The van der Waals surface area contributed by atoms with Crippen LogP contribution in [-0.4, -0.2) is 33.0 Å². The molecule has 2 aromatic rings. The van der Waals surface area contributed by atoms with E-state index >= 15 is 0 Å². The Morgan fingerprint density at radius 3 is 2.48 bits per heavy atom. The lowest BCUT2D eigenvalue weighted by Gasteiger charge is -2.26. The number of carbonyl (C=O) groups excluding carboxylic acids is 1. The number of methoxy groups -OCH3 is 3. The SMILES string of the molecule is COc1cc(CC(=O)N[C@@H]2CCSc3ccc(F)cc32)cc(OC)c1OC. The van der Waals surface area contributed by atoms with Crippen LogP contribution in [-0.2, 0) is 11.2 Å². The van der Waals surface area contributed by atoms with Gasteiger partial charge in [-0.15, -0.1) is 11.8 Å². The van der Waals surface area contributed by atoms with Crippen molar-refractivity contribution in [2.24, 2.45) is 0 Å². The number of fused-ring (bicyclic) bond motifs is 1. The Hall–Kier alpha value is -2.41. The maximum Gasteiger partial charge on any atom is 0.224 e. The summed E-state index contributed by atoms with van der Waals surface area (Å²) in [5, 5.41) is 3.02. The predicted octanol–water partition coefficient (Wildman–Crippen LogP) is 3.75. The van der Waals surface area contributed by atoms with E-state index in [-0.39, 0.29) is 24.2 Å². The Morgan fingerprint density at radius 2 is 1.85 bits per heavy atom. The van der Waals surface area contributed by atoms with Crippen LogP contribution in [0.1, 0.15) is 23.6 Å². The van der Waals surface area contributed by atoms with Crippen LogP contribution in [0.5, 0.6) is 17.2 Å². The molecule has 7 heteroatoms. The molecular weight excluding hydrogens is 369 g/mol. The first kappa shape index (κ1) is 19.4. The molecule has 1 aliphatic heterocycles. The number of thioether (sulfide) groups is 1. The van der Waals surface area contributed by atoms with E-state index < -0.39 is 0 Å². The van der Waals surface area contributed by atoms with Crippen LogP contribution >= 0.6 is 11.8 Å². The molecule has 3 rings (SSSR count). The van der Waals surface area contributed by atoms with E-state index in [9.17, 15) is 9.18 Å². The summed E-state index contributed by atoms with van der Waals surface area (Å²) in [5.74, 6) is 1.94. The van der Waals surface area contributed by atoms with Crippen LogP contribution < -0.4 is 19.5 Å². The summed E-state index contributed by atoms with van der Waals surface area (Å²) in [6, 6.07) is 8.05. The lowest BCUT2D eigenvalue weighted by Crippen LogP contribution is -2.31. The lowest BCUT2D eigenvalue weighted by atomic mass is 10.0. The largest absolute Gasteiger partial charge is 0.493 e. The molecule has 0 radical (unpaired) electrons. The summed E-state index contributed by atoms with van der Waals surface area (Å²) in [6.07, 6.45) is 0.924. The first-order chi connectivity index (χ1) is 13.0. The average Bonchev–Trinajstić information content (AvgIpc) is 2.67. The summed E-state index contributed by atoms with van der Waals surface area (Å²) in [7, 11) is 4.60. The second-order valence-electron chi connectivity index (χ2n) is 6.15. The highest BCUT2D eigenvalue weighted by atomic mass is 32.2. The number of halogens is 1. The summed E-state index contributed by atoms with van der Waals surface area (Å²) < 4.78 is 29.6. The molecule has 0 aliphatic carbocycles. The molecule has 0 saturated heterocycles. The van der Waals surface area contributed by atoms with Crippen molar-refractivity contribution in [3.63, 3.8) is 0 Å². The number of rotatable bonds is 6. The zero-order chi connectivity index (χ0) is 19.4. The van der Waals surface area contributed by atoms with Gasteiger partial charge in [-0.05, 0) is 47.9 Å². The van der Waals surface area contributed by atoms with Crippen LogP contribution in [0, 0.1) is 5.82 Å². The van der Waals surface area contributed by atoms with Crippen LogP contribution in [0.25, 0.3) is 0 Å². The topological polar surface area (TPSA) is 56.8 Å². The molecule has 1 atom stereocenters. The number of nitrogens with one attached hydrogen (secondary N) is 1. The molecule has 0 saturated carbocycles. The molecule has 27 heavy (non-hydrogen) atoms. The van der Waals surface area contributed by atoms with Gasteiger partial charge in [0, 0.05) is 10.6 Å². The van der Waals surface area contributed by atoms with Crippen molar-refractivity contribution < 1.29 is 23.4 Å². The Labute approximate surface area is 162 Å². The van der Waals surface area contributed by atoms with Gasteiger partial charge in [-0.2, -0.15) is 0 Å². The van der Waals surface area contributed by atoms with Gasteiger partial charge in [-0.1, -0.05) is 0 Å². The highest BCUT2D eigenvalue weighted by molar-refractivity contribution is 7.99. The molecule has 0 bridgehead atoms. The summed E-state index contributed by atoms with van der Waals surface area (Å²) >= 11 is 1.68. The fraction of sp³-hybridized carbons (Fsp3) is 0.350. The normalized spacial score (nSPS) is 15.6. The fourth-order valence-electron chi connectivity index (χ4n) is 3.18. The third-order valence-electron chi connectivity index (χ3n) is 4.44. The molecule has 5 nitrogen and oxygen atoms in total. The van der Waals surface area contributed by atoms with Crippen molar-refractivity contribution >= 4 is 17.7 Å². The predicted molar refractivity (Wildman–Crippen MR) is 102 cm³/mol. The fourth-order valence-corrected chi connectivity index (χ4v) is 4.29. The highest BCUT2D eigenvalue weighted by Gasteiger charge is 2.23. The highest BCUT2D eigenvalue weighted by Crippen LogP contribution is 2.39. The van der Waals surface area contributed by atoms with E-state index in [1.54, 1.807) is 30.0 Å². The maximum atomic E-state index is 13.6. The molecule has 1 aliphatic rings. The molecule has 144 valence electrons. The van der Waals surface area contributed by atoms with Crippen molar-refractivity contribution in [1.29, 1.82) is 0 Å². The summed E-state index contributed by atoms with van der Waals surface area (Å²) in [4.78, 5) is 13.6. The smallest absolute Gasteiger partial charge is 0.224 e. The van der Waals surface area contributed by atoms with Crippen LogP contribution in [0.4, 0.5) is 4.39 Å². The van der Waals surface area contributed by atoms with Gasteiger partial charge >= 0.3 is 0 Å². The van der Waals surface area contributed by atoms with Crippen LogP contribution in [0.15, 0.2) is 35.2 Å². The molecule has 1 amide bonds. The van der Waals surface area contributed by atoms with E-state index in [1.807, 2.05) is 0 Å². The molecule has 1 N–H and O–H groups in total. The molecule has 0 fully saturated rings. The van der Waals surface area contributed by atoms with E-state index in [0.717, 1.165) is 28.2 Å². The third kappa shape index (κ3) is 4.30. The first-order valence-electron chi connectivity index (χ1n) is 8.56. The van der Waals surface area contributed by atoms with E-state index in [2.05, 4.69) is 5.32 Å². The summed E-state index contributed by atoms with van der Waals surface area (Å²) in [5.41, 5.74) is 1.58. The zero-order valence-corrected chi connectivity index (χ0v) is 16.3. The molecular formula is C20H22FNO4S. The molecule has 1 heterocycles. The standard InChI is InChI=1S/C20H22FNO4S/c1-24-16-8-12(9-17(25-2)20(16)26-3)10-19(23)22-15-6-7-27-18-5-4-13(21)11-14(15)18/h4-5,8-9,11,15H,6-7,10H2,1-3H3,(H,22,23)/t15-/m1/s1. The van der Waals surface area contributed by atoms with Crippen LogP contribution in [0.2, 0.25) is 0 Å². The minimum absolute atomic E-state index is 0.142. The summed E-state index contributed by atoms with van der Waals surface area (Å²) in [6.45, 7) is 0. The second-order valence-corrected chi connectivity index (χ2v) is 7.29. The van der Waals surface area contributed by atoms with Crippen LogP contribution in [0.3, 0.4) is 0 Å². The van der Waals surface area contributed by atoms with Crippen molar-refractivity contribution in [2.45, 2.75) is 23.8 Å². The minimum Gasteiger partial charge on any atom is -0.493 e. The Balaban J connectivity index is 1.77. The number of carbonyl (C=O) groups is 1. The third-order valence-corrected chi connectivity index (χ3v) is 5.56. The van der Waals surface area contributed by atoms with Crippen molar-refractivity contribution in [2.75, 3.05) is 27.1 Å². The van der Waals surface area contributed by atoms with Gasteiger partial charge in [0.25, 0.3) is 0 Å². The minimum atomic E-state index is -0.292. The van der Waals surface area contributed by atoms with Gasteiger partial charge in [0.1, 0.15) is 5.82 Å². The van der Waals surface area contributed by atoms with E-state index in [1.165, 1.54) is 33.5 Å². The lowest BCUT2D eigenvalue weighted by molar-refractivity contribution is -0.121. The molecule has 0 unspecified atom stereocenters. The van der Waals surface area contributed by atoms with Gasteiger partial charge < -0.3 is 19.5 Å². The van der Waals surface area contributed by atoms with Crippen molar-refractivity contribution in [3.8, 4) is 17.2 Å². The van der Waals surface area contributed by atoms with Crippen molar-refractivity contribution in [3.05, 3.63) is 47.3 Å². The van der Waals surface area contributed by atoms with Gasteiger partial charge in [0.05, 0.1) is 33.8 Å². The molecule has 0 aromatic heterocycles. The molecule has 2 aromatic carbocycles. The second kappa shape index (κ2) is 8.52. The number of hydrogen-bond donors (Lipinski definition) is 1. The van der Waals surface area contributed by atoms with Gasteiger partial charge in [0.2, 0.25) is 11.7 Å². The monoisotopic (exact) mass is 391 g/mol. The van der Waals surface area contributed by atoms with Gasteiger partial charge in [-0.25, -0.2) is 4.39 Å². The number of hydrogen-bond acceptors (Lipinski definition) is 5. The maximum absolute atomic E-state index is 13.6. The van der Waals surface area contributed by atoms with E-state index in [0.29, 0.717) is 17.2 Å². The van der Waals surface area contributed by atoms with Crippen molar-refractivity contribution in [1.82, 2.24) is 5.32 Å². The molecule has 0 spiro atoms. The Kier molecular flexibility index (Phi) is 6.11. The van der Waals surface area contributed by atoms with E-state index in [4.69, 9.17) is 14.2 Å². The Bertz CT molecular complexity index is 818. The number of amides is 1. The zero-order valence-electron chi connectivity index (χ0n) is 15.5. The number of ether oxygens (including phenoxy) is 3. The van der Waals surface area contributed by atoms with Gasteiger partial charge in [0.15, 0.2) is 11.5 Å². The Morgan fingerprint density at radius 1 is 1.15 bits per heavy atom. The van der Waals surface area contributed by atoms with Gasteiger partial charge in [-0.3, -0.25) is 4.79 Å². The first-order valence-corrected chi connectivity index (χ1v) is 9.54. The quantitative estimate of drug-likeness (QED) is 0.813. The average molecular weight is 391 g/mol. The number of benzene rings is 2.